The van der Waals surface area contributed by atoms with E-state index in [1.807, 2.05) is 0 Å². The molecule has 0 aromatic rings. The van der Waals surface area contributed by atoms with Gasteiger partial charge in [-0.15, -0.1) is 0 Å². The van der Waals surface area contributed by atoms with E-state index in [2.05, 4.69) is 5.32 Å². The molecule has 0 aromatic heterocycles. The van der Waals surface area contributed by atoms with E-state index < -0.39 is 23.7 Å². The molecule has 2 aliphatic rings. The summed E-state index contributed by atoms with van der Waals surface area (Å²) in [5, 5.41) is 13.0. The number of amides is 2. The topological polar surface area (TPSA) is 95.7 Å². The van der Waals surface area contributed by atoms with Gasteiger partial charge in [-0.05, 0) is 25.8 Å². The molecule has 2 heterocycles. The first kappa shape index (κ1) is 11.3. The fourth-order valence-electron chi connectivity index (χ4n) is 2.64. The fourth-order valence-corrected chi connectivity index (χ4v) is 2.64. The first-order chi connectivity index (χ1) is 7.54. The summed E-state index contributed by atoms with van der Waals surface area (Å²) in [5.74, 6) is -0.772. The zero-order valence-corrected chi connectivity index (χ0v) is 9.27. The maximum Gasteiger partial charge on any atom is 0.250 e. The van der Waals surface area contributed by atoms with Crippen LogP contribution in [0.25, 0.3) is 0 Å². The Labute approximate surface area is 93.8 Å². The highest BCUT2D eigenvalue weighted by atomic mass is 16.3. The van der Waals surface area contributed by atoms with E-state index in [0.717, 1.165) is 13.0 Å². The summed E-state index contributed by atoms with van der Waals surface area (Å²) in [5.41, 5.74) is 4.36. The van der Waals surface area contributed by atoms with Gasteiger partial charge in [0, 0.05) is 0 Å². The number of nitrogens with zero attached hydrogens (tertiary/aromatic N) is 1. The van der Waals surface area contributed by atoms with Crippen LogP contribution >= 0.6 is 0 Å². The van der Waals surface area contributed by atoms with Gasteiger partial charge < -0.3 is 15.7 Å². The minimum Gasteiger partial charge on any atom is -0.371 e. The van der Waals surface area contributed by atoms with Crippen molar-refractivity contribution in [2.24, 2.45) is 5.73 Å². The minimum atomic E-state index is -0.931. The Kier molecular flexibility index (Phi) is 2.63. The van der Waals surface area contributed by atoms with Crippen molar-refractivity contribution in [1.82, 2.24) is 10.2 Å². The molecule has 4 N–H and O–H groups in total. The van der Waals surface area contributed by atoms with E-state index in [1.165, 1.54) is 4.90 Å². The average Bonchev–Trinajstić information content (AvgIpc) is 2.75. The monoisotopic (exact) mass is 227 g/mol. The van der Waals surface area contributed by atoms with E-state index in [1.54, 1.807) is 6.92 Å². The fraction of sp³-hybridized carbons (Fsp3) is 0.800. The number of hydrogen-bond donors (Lipinski definition) is 3. The first-order valence-electron chi connectivity index (χ1n) is 5.59. The summed E-state index contributed by atoms with van der Waals surface area (Å²) < 4.78 is 0. The van der Waals surface area contributed by atoms with E-state index in [9.17, 15) is 14.7 Å². The van der Waals surface area contributed by atoms with Crippen molar-refractivity contribution in [3.63, 3.8) is 0 Å². The molecule has 0 aliphatic carbocycles. The summed E-state index contributed by atoms with van der Waals surface area (Å²) in [7, 11) is 0. The molecule has 2 rings (SSSR count). The summed E-state index contributed by atoms with van der Waals surface area (Å²) in [4.78, 5) is 24.3. The number of aliphatic hydroxyl groups excluding tert-OH is 1. The molecule has 2 fully saturated rings. The summed E-state index contributed by atoms with van der Waals surface area (Å²) in [6.07, 6.45) is 0.983. The predicted molar refractivity (Wildman–Crippen MR) is 56.1 cm³/mol. The van der Waals surface area contributed by atoms with Crippen molar-refractivity contribution >= 4 is 11.8 Å². The van der Waals surface area contributed by atoms with Gasteiger partial charge in [0.25, 0.3) is 0 Å². The van der Waals surface area contributed by atoms with Crippen LogP contribution in [0.4, 0.5) is 0 Å². The maximum absolute atomic E-state index is 12.0. The minimum absolute atomic E-state index is 0.205. The quantitative estimate of drug-likeness (QED) is 0.513. The number of β-lactam (4-membered cyclic amide) rings is 1. The third-order valence-electron chi connectivity index (χ3n) is 3.56. The van der Waals surface area contributed by atoms with Crippen molar-refractivity contribution in [2.45, 2.75) is 44.0 Å². The standard InChI is InChI=1S/C10H17N3O3/c1-2-6(7(11)14)13-8(15)10(9(13)16)4-3-5-12-10/h6,8,12,15H,2-5H2,1H3,(H2,11,14). The van der Waals surface area contributed by atoms with Crippen LogP contribution in [0.1, 0.15) is 26.2 Å². The van der Waals surface area contributed by atoms with Gasteiger partial charge in [0.1, 0.15) is 11.6 Å². The maximum atomic E-state index is 12.0. The van der Waals surface area contributed by atoms with Gasteiger partial charge in [0.2, 0.25) is 11.8 Å². The molecule has 0 saturated carbocycles. The normalized spacial score (nSPS) is 35.2. The number of primary amides is 1. The van der Waals surface area contributed by atoms with Crippen molar-refractivity contribution in [2.75, 3.05) is 6.54 Å². The molecule has 6 heteroatoms. The number of rotatable bonds is 3. The smallest absolute Gasteiger partial charge is 0.250 e. The number of likely N-dealkylation sites (tertiary alicyclic amines) is 1. The molecule has 3 atom stereocenters. The van der Waals surface area contributed by atoms with Crippen molar-refractivity contribution in [3.05, 3.63) is 0 Å². The number of nitrogens with one attached hydrogen (secondary N) is 1. The molecular weight excluding hydrogens is 210 g/mol. The van der Waals surface area contributed by atoms with Crippen LogP contribution in [0.5, 0.6) is 0 Å². The second-order valence-corrected chi connectivity index (χ2v) is 4.41. The van der Waals surface area contributed by atoms with E-state index in [-0.39, 0.29) is 5.91 Å². The van der Waals surface area contributed by atoms with Crippen LogP contribution in [0, 0.1) is 0 Å². The third kappa shape index (κ3) is 1.26. The van der Waals surface area contributed by atoms with E-state index >= 15 is 0 Å². The van der Waals surface area contributed by atoms with Crippen LogP contribution in [0.15, 0.2) is 0 Å². The molecule has 0 radical (unpaired) electrons. The average molecular weight is 227 g/mol. The van der Waals surface area contributed by atoms with Crippen molar-refractivity contribution in [3.8, 4) is 0 Å². The molecular formula is C10H17N3O3. The third-order valence-corrected chi connectivity index (χ3v) is 3.56. The lowest BCUT2D eigenvalue weighted by molar-refractivity contribution is -0.198. The second-order valence-electron chi connectivity index (χ2n) is 4.41. The van der Waals surface area contributed by atoms with Gasteiger partial charge in [0.15, 0.2) is 6.23 Å². The van der Waals surface area contributed by atoms with E-state index in [0.29, 0.717) is 12.8 Å². The van der Waals surface area contributed by atoms with Gasteiger partial charge in [-0.1, -0.05) is 6.92 Å². The number of hydrogen-bond acceptors (Lipinski definition) is 4. The zero-order valence-electron chi connectivity index (χ0n) is 9.27. The van der Waals surface area contributed by atoms with Crippen LogP contribution in [0.2, 0.25) is 0 Å². The van der Waals surface area contributed by atoms with Crippen LogP contribution in [-0.4, -0.2) is 46.2 Å². The highest BCUT2D eigenvalue weighted by Crippen LogP contribution is 2.38. The van der Waals surface area contributed by atoms with Gasteiger partial charge in [0.05, 0.1) is 0 Å². The molecule has 90 valence electrons. The number of nitrogens with two attached hydrogens (primary N) is 1. The molecule has 2 saturated heterocycles. The second kappa shape index (κ2) is 3.71. The highest BCUT2D eigenvalue weighted by Gasteiger charge is 2.63. The number of aliphatic hydroxyl groups is 1. The summed E-state index contributed by atoms with van der Waals surface area (Å²) in [6, 6.07) is -0.699. The molecule has 3 unspecified atom stereocenters. The Morgan fingerprint density at radius 1 is 1.81 bits per heavy atom. The Balaban J connectivity index is 2.16. The van der Waals surface area contributed by atoms with Gasteiger partial charge in [-0.25, -0.2) is 0 Å². The Morgan fingerprint density at radius 2 is 2.50 bits per heavy atom. The molecule has 6 nitrogen and oxygen atoms in total. The summed E-state index contributed by atoms with van der Waals surface area (Å²) >= 11 is 0. The largest absolute Gasteiger partial charge is 0.371 e. The van der Waals surface area contributed by atoms with Gasteiger partial charge >= 0.3 is 0 Å². The molecule has 0 aromatic carbocycles. The molecule has 2 aliphatic heterocycles. The van der Waals surface area contributed by atoms with Gasteiger partial charge in [-0.3, -0.25) is 14.9 Å². The first-order valence-corrected chi connectivity index (χ1v) is 5.59. The van der Waals surface area contributed by atoms with Crippen molar-refractivity contribution in [1.29, 1.82) is 0 Å². The number of carbonyl (C=O) groups excluding carboxylic acids is 2. The highest BCUT2D eigenvalue weighted by molar-refractivity contribution is 5.97. The van der Waals surface area contributed by atoms with Crippen LogP contribution in [0.3, 0.4) is 0 Å². The SMILES string of the molecule is CCC(C(N)=O)N1C(=O)C2(CCCN2)C1O. The molecule has 0 bridgehead atoms. The lowest BCUT2D eigenvalue weighted by Gasteiger charge is -2.53. The van der Waals surface area contributed by atoms with E-state index in [4.69, 9.17) is 5.73 Å². The Morgan fingerprint density at radius 3 is 2.88 bits per heavy atom. The van der Waals surface area contributed by atoms with Gasteiger partial charge in [-0.2, -0.15) is 0 Å². The van der Waals surface area contributed by atoms with Crippen LogP contribution < -0.4 is 11.1 Å². The summed E-state index contributed by atoms with van der Waals surface area (Å²) in [6.45, 7) is 2.49. The molecule has 16 heavy (non-hydrogen) atoms. The zero-order chi connectivity index (χ0) is 11.9. The molecule has 2 amide bonds. The lowest BCUT2D eigenvalue weighted by atomic mass is 9.82. The predicted octanol–water partition coefficient (Wildman–Crippen LogP) is -1.47. The Hall–Kier alpha value is -1.14. The number of carbonyl (C=O) groups is 2. The van der Waals surface area contributed by atoms with Crippen LogP contribution in [-0.2, 0) is 9.59 Å². The molecule has 1 spiro atoms. The lowest BCUT2D eigenvalue weighted by Crippen LogP contribution is -2.80. The van der Waals surface area contributed by atoms with Crippen molar-refractivity contribution < 1.29 is 14.7 Å². The Bertz CT molecular complexity index is 325.